The van der Waals surface area contributed by atoms with Crippen molar-refractivity contribution in [3.8, 4) is 0 Å². The molecule has 0 aliphatic heterocycles. The minimum Gasteiger partial charge on any atom is -0.312 e. The van der Waals surface area contributed by atoms with E-state index >= 15 is 0 Å². The van der Waals surface area contributed by atoms with Gasteiger partial charge in [-0.25, -0.2) is 20.4 Å². The first-order chi connectivity index (χ1) is 4.56. The third-order valence-corrected chi connectivity index (χ3v) is 0. The predicted molar refractivity (Wildman–Crippen MR) is 36.4 cm³/mol. The van der Waals surface area contributed by atoms with Gasteiger partial charge < -0.3 is 4.90 Å². The Balaban J connectivity index is -0.0000000750. The summed E-state index contributed by atoms with van der Waals surface area (Å²) in [7, 11) is 6.00. The maximum absolute atomic E-state index is 8.35. The summed E-state index contributed by atoms with van der Waals surface area (Å²) in [4.78, 5) is 18.7. The molecule has 5 heteroatoms. The third-order valence-electron chi connectivity index (χ3n) is 0. The van der Waals surface area contributed by atoms with E-state index in [1.54, 1.807) is 0 Å². The van der Waals surface area contributed by atoms with Crippen LogP contribution in [0.1, 0.15) is 0 Å². The highest BCUT2D eigenvalue weighted by Crippen LogP contribution is 1.47. The van der Waals surface area contributed by atoms with E-state index in [2.05, 4.69) is 0 Å². The zero-order chi connectivity index (χ0) is 8.99. The molecule has 0 unspecified atom stereocenters. The lowest BCUT2D eigenvalue weighted by Crippen LogP contribution is -1.99. The maximum atomic E-state index is 8.35. The summed E-state index contributed by atoms with van der Waals surface area (Å²) in [6.07, 6.45) is 1.50. The first-order valence-corrected chi connectivity index (χ1v) is 2.25. The number of nitrogens with zero attached hydrogens (tertiary/aromatic N) is 1. The van der Waals surface area contributed by atoms with E-state index in [4.69, 9.17) is 20.4 Å². The summed E-state index contributed by atoms with van der Waals surface area (Å²) in [5.41, 5.74) is 0. The molecule has 0 amide bonds. The van der Waals surface area contributed by atoms with E-state index in [1.165, 1.54) is 0 Å². The Morgan fingerprint density at radius 1 is 1.00 bits per heavy atom. The molecule has 0 aliphatic rings. The number of hydrogen-bond donors (Lipinski definition) is 2. The molecule has 0 fully saturated rings. The molecule has 2 N–H and O–H groups in total. The molecule has 0 saturated carbocycles. The van der Waals surface area contributed by atoms with Gasteiger partial charge >= 0.3 is 0 Å². The van der Waals surface area contributed by atoms with E-state index in [-0.39, 0.29) is 0 Å². The zero-order valence-corrected chi connectivity index (χ0v) is 6.26. The second kappa shape index (κ2) is 25.2. The Bertz CT molecular complexity index is 95.3. The average molecular weight is 145 g/mol. The molecule has 0 spiro atoms. The molecule has 0 bridgehead atoms. The predicted octanol–water partition coefficient (Wildman–Crippen LogP) is -0.0203. The van der Waals surface area contributed by atoms with E-state index in [0.29, 0.717) is 0 Å². The standard InChI is InChI=1S/C3H9N.2CHNO/c1-4(2)3;2*2-1-3/h1-3H3;2*2H. The van der Waals surface area contributed by atoms with Crippen molar-refractivity contribution >= 4 is 12.2 Å². The number of hydrogen-bond acceptors (Lipinski definition) is 5. The summed E-state index contributed by atoms with van der Waals surface area (Å²) in [6, 6.07) is 0. The Morgan fingerprint density at radius 2 is 1.00 bits per heavy atom. The molecular formula is C5H11N3O2. The van der Waals surface area contributed by atoms with Gasteiger partial charge in [0.2, 0.25) is 12.2 Å². The molecule has 0 atom stereocenters. The van der Waals surface area contributed by atoms with Crippen molar-refractivity contribution in [3.63, 3.8) is 0 Å². The maximum Gasteiger partial charge on any atom is 0.231 e. The fourth-order valence-corrected chi connectivity index (χ4v) is 0. The van der Waals surface area contributed by atoms with Gasteiger partial charge in [0.25, 0.3) is 0 Å². The van der Waals surface area contributed by atoms with Gasteiger partial charge in [0.15, 0.2) is 0 Å². The van der Waals surface area contributed by atoms with Crippen molar-refractivity contribution in [1.29, 1.82) is 10.8 Å². The molecule has 5 nitrogen and oxygen atoms in total. The summed E-state index contributed by atoms with van der Waals surface area (Å²) in [5, 5.41) is 10.8. The second-order valence-electron chi connectivity index (χ2n) is 1.55. The van der Waals surface area contributed by atoms with Gasteiger partial charge in [-0.1, -0.05) is 0 Å². The third kappa shape index (κ3) is 134. The summed E-state index contributed by atoms with van der Waals surface area (Å²) >= 11 is 0. The quantitative estimate of drug-likeness (QED) is 0.371. The fourth-order valence-electron chi connectivity index (χ4n) is 0. The number of nitrogens with one attached hydrogen (secondary N) is 2. The lowest BCUT2D eigenvalue weighted by Gasteiger charge is -1.90. The van der Waals surface area contributed by atoms with Crippen LogP contribution >= 0.6 is 0 Å². The van der Waals surface area contributed by atoms with Crippen LogP contribution in [0, 0.1) is 10.8 Å². The van der Waals surface area contributed by atoms with Crippen LogP contribution in [0.2, 0.25) is 0 Å². The topological polar surface area (TPSA) is 85.1 Å². The van der Waals surface area contributed by atoms with Crippen LogP contribution in [0.3, 0.4) is 0 Å². The van der Waals surface area contributed by atoms with Crippen molar-refractivity contribution in [2.75, 3.05) is 21.1 Å². The highest BCUT2D eigenvalue weighted by Gasteiger charge is 1.58. The molecule has 0 heterocycles. The van der Waals surface area contributed by atoms with Gasteiger partial charge in [-0.15, -0.1) is 0 Å². The van der Waals surface area contributed by atoms with Gasteiger partial charge in [-0.05, 0) is 21.1 Å². The molecule has 0 aromatic rings. The number of rotatable bonds is 0. The molecule has 10 heavy (non-hydrogen) atoms. The van der Waals surface area contributed by atoms with Crippen LogP contribution in [-0.2, 0) is 9.59 Å². The Morgan fingerprint density at radius 3 is 1.00 bits per heavy atom. The monoisotopic (exact) mass is 145 g/mol. The first-order valence-electron chi connectivity index (χ1n) is 2.25. The molecule has 0 rings (SSSR count). The molecule has 0 radical (unpaired) electrons. The summed E-state index contributed by atoms with van der Waals surface area (Å²) in [5.74, 6) is 0. The normalized spacial score (nSPS) is 5.20. The van der Waals surface area contributed by atoms with Gasteiger partial charge in [0.1, 0.15) is 0 Å². The van der Waals surface area contributed by atoms with E-state index in [1.807, 2.05) is 26.0 Å². The highest BCUT2D eigenvalue weighted by atomic mass is 16.1. The largest absolute Gasteiger partial charge is 0.312 e. The summed E-state index contributed by atoms with van der Waals surface area (Å²) < 4.78 is 0. The van der Waals surface area contributed by atoms with Gasteiger partial charge in [-0.3, -0.25) is 0 Å². The summed E-state index contributed by atoms with van der Waals surface area (Å²) in [6.45, 7) is 0. The van der Waals surface area contributed by atoms with Crippen LogP contribution in [0.25, 0.3) is 0 Å². The lowest BCUT2D eigenvalue weighted by molar-refractivity contribution is 0.505. The SMILES string of the molecule is CN(C)C.N=C=O.N=C=O. The Kier molecular flexibility index (Phi) is 40.0. The van der Waals surface area contributed by atoms with Gasteiger partial charge in [-0.2, -0.15) is 0 Å². The van der Waals surface area contributed by atoms with Crippen molar-refractivity contribution in [1.82, 2.24) is 4.90 Å². The van der Waals surface area contributed by atoms with Crippen LogP contribution in [0.4, 0.5) is 0 Å². The van der Waals surface area contributed by atoms with Crippen molar-refractivity contribution in [3.05, 3.63) is 0 Å². The first kappa shape index (κ1) is 15.9. The van der Waals surface area contributed by atoms with Crippen molar-refractivity contribution in [2.24, 2.45) is 0 Å². The minimum atomic E-state index is 0.750. The van der Waals surface area contributed by atoms with Crippen LogP contribution in [-0.4, -0.2) is 38.2 Å². The van der Waals surface area contributed by atoms with Gasteiger partial charge in [0.05, 0.1) is 0 Å². The molecule has 0 aromatic heterocycles. The smallest absolute Gasteiger partial charge is 0.231 e. The minimum absolute atomic E-state index is 0.750. The fraction of sp³-hybridized carbons (Fsp3) is 0.600. The molecule has 58 valence electrons. The second-order valence-corrected chi connectivity index (χ2v) is 1.55. The zero-order valence-electron chi connectivity index (χ0n) is 6.26. The van der Waals surface area contributed by atoms with Gasteiger partial charge in [0, 0.05) is 0 Å². The Labute approximate surface area is 59.7 Å². The highest BCUT2D eigenvalue weighted by molar-refractivity contribution is 5.26. The Hall–Kier alpha value is -1.28. The number of carbonyl (C=O) groups excluding carboxylic acids is 2. The van der Waals surface area contributed by atoms with E-state index < -0.39 is 0 Å². The van der Waals surface area contributed by atoms with E-state index in [9.17, 15) is 0 Å². The lowest BCUT2D eigenvalue weighted by atomic mass is 11.0. The van der Waals surface area contributed by atoms with Crippen molar-refractivity contribution in [2.45, 2.75) is 0 Å². The average Bonchev–Trinajstić information content (AvgIpc) is 1.65. The molecule has 0 aromatic carbocycles. The molecule has 0 saturated heterocycles. The van der Waals surface area contributed by atoms with E-state index in [0.717, 1.165) is 12.2 Å². The van der Waals surface area contributed by atoms with Crippen molar-refractivity contribution < 1.29 is 9.59 Å². The van der Waals surface area contributed by atoms with Crippen LogP contribution in [0.5, 0.6) is 0 Å². The van der Waals surface area contributed by atoms with Crippen LogP contribution < -0.4 is 0 Å². The van der Waals surface area contributed by atoms with Crippen LogP contribution in [0.15, 0.2) is 0 Å². The molecular weight excluding hydrogens is 134 g/mol. The molecule has 0 aliphatic carbocycles. The number of isocyanates is 2.